The number of amides is 1. The van der Waals surface area contributed by atoms with E-state index >= 15 is 0 Å². The van der Waals surface area contributed by atoms with E-state index in [1.165, 1.54) is 6.42 Å². The van der Waals surface area contributed by atoms with Crippen molar-refractivity contribution in [1.82, 2.24) is 10.2 Å². The molecule has 1 N–H and O–H groups in total. The average molecular weight is 296 g/mol. The van der Waals surface area contributed by atoms with Gasteiger partial charge in [0.1, 0.15) is 0 Å². The first-order chi connectivity index (χ1) is 10.2. The first kappa shape index (κ1) is 16.8. The molecule has 2 saturated heterocycles. The van der Waals surface area contributed by atoms with Gasteiger partial charge >= 0.3 is 0 Å². The van der Waals surface area contributed by atoms with Gasteiger partial charge in [0.05, 0.1) is 12.0 Å². The lowest BCUT2D eigenvalue weighted by Crippen LogP contribution is -2.52. The Kier molecular flexibility index (Phi) is 6.49. The smallest absolute Gasteiger partial charge is 0.228 e. The van der Waals surface area contributed by atoms with Gasteiger partial charge in [-0.1, -0.05) is 27.2 Å². The molecule has 1 amide bonds. The molecule has 2 fully saturated rings. The Balaban J connectivity index is 1.91. The van der Waals surface area contributed by atoms with Crippen molar-refractivity contribution in [2.75, 3.05) is 26.2 Å². The molecular weight excluding hydrogens is 264 g/mol. The van der Waals surface area contributed by atoms with Crippen molar-refractivity contribution in [3.8, 4) is 0 Å². The van der Waals surface area contributed by atoms with Crippen LogP contribution in [0, 0.1) is 11.8 Å². The second kappa shape index (κ2) is 8.14. The molecular formula is C17H32N2O2. The van der Waals surface area contributed by atoms with Crippen LogP contribution in [0.25, 0.3) is 0 Å². The molecule has 122 valence electrons. The molecule has 4 nitrogen and oxygen atoms in total. The number of nitrogens with one attached hydrogen (secondary N) is 1. The highest BCUT2D eigenvalue weighted by Crippen LogP contribution is 2.28. The summed E-state index contributed by atoms with van der Waals surface area (Å²) in [5.41, 5.74) is 0. The fraction of sp³-hybridized carbons (Fsp3) is 0.941. The van der Waals surface area contributed by atoms with E-state index in [0.717, 1.165) is 51.9 Å². The number of likely N-dealkylation sites (tertiary alicyclic amines) is 1. The highest BCUT2D eigenvalue weighted by molar-refractivity contribution is 5.79. The first-order valence-corrected chi connectivity index (χ1v) is 8.84. The summed E-state index contributed by atoms with van der Waals surface area (Å²) >= 11 is 0. The molecule has 4 unspecified atom stereocenters. The first-order valence-electron chi connectivity index (χ1n) is 8.84. The highest BCUT2D eigenvalue weighted by atomic mass is 16.5. The molecule has 21 heavy (non-hydrogen) atoms. The van der Waals surface area contributed by atoms with Crippen LogP contribution in [0.15, 0.2) is 0 Å². The molecule has 0 spiro atoms. The molecule has 0 radical (unpaired) electrons. The maximum absolute atomic E-state index is 12.8. The van der Waals surface area contributed by atoms with E-state index in [1.54, 1.807) is 0 Å². The van der Waals surface area contributed by atoms with Gasteiger partial charge in [0.25, 0.3) is 0 Å². The predicted molar refractivity (Wildman–Crippen MR) is 85.2 cm³/mol. The van der Waals surface area contributed by atoms with Crippen LogP contribution < -0.4 is 5.32 Å². The minimum absolute atomic E-state index is 0.104. The molecule has 2 heterocycles. The molecule has 4 heteroatoms. The van der Waals surface area contributed by atoms with Crippen LogP contribution >= 0.6 is 0 Å². The summed E-state index contributed by atoms with van der Waals surface area (Å²) in [4.78, 5) is 14.9. The zero-order chi connectivity index (χ0) is 15.2. The minimum atomic E-state index is 0.104. The van der Waals surface area contributed by atoms with Gasteiger partial charge in [0, 0.05) is 25.7 Å². The van der Waals surface area contributed by atoms with Crippen molar-refractivity contribution in [2.24, 2.45) is 11.8 Å². The standard InChI is InChI=1S/C17H32N2O2/c1-4-9-18-15-7-10-19(12-13(15)5-2)17(20)14-8-11-21-16(14)6-3/h13-16,18H,4-12H2,1-3H3. The topological polar surface area (TPSA) is 41.6 Å². The third kappa shape index (κ3) is 3.98. The van der Waals surface area contributed by atoms with E-state index in [-0.39, 0.29) is 12.0 Å². The van der Waals surface area contributed by atoms with Crippen molar-refractivity contribution in [2.45, 2.75) is 65.0 Å². The third-order valence-electron chi connectivity index (χ3n) is 5.16. The van der Waals surface area contributed by atoms with E-state index in [4.69, 9.17) is 4.74 Å². The molecule has 2 aliphatic heterocycles. The van der Waals surface area contributed by atoms with Crippen molar-refractivity contribution < 1.29 is 9.53 Å². The van der Waals surface area contributed by atoms with Crippen LogP contribution in [0.2, 0.25) is 0 Å². The number of carbonyl (C=O) groups is 1. The number of hydrogen-bond donors (Lipinski definition) is 1. The summed E-state index contributed by atoms with van der Waals surface area (Å²) in [5.74, 6) is 1.04. The number of piperidine rings is 1. The Morgan fingerprint density at radius 2 is 2.05 bits per heavy atom. The number of carbonyl (C=O) groups excluding carboxylic acids is 1. The second-order valence-corrected chi connectivity index (χ2v) is 6.51. The lowest BCUT2D eigenvalue weighted by Gasteiger charge is -2.40. The molecule has 0 saturated carbocycles. The van der Waals surface area contributed by atoms with Gasteiger partial charge in [-0.15, -0.1) is 0 Å². The quantitative estimate of drug-likeness (QED) is 0.818. The maximum Gasteiger partial charge on any atom is 0.228 e. The second-order valence-electron chi connectivity index (χ2n) is 6.51. The Hall–Kier alpha value is -0.610. The minimum Gasteiger partial charge on any atom is -0.377 e. The highest BCUT2D eigenvalue weighted by Gasteiger charge is 2.38. The number of rotatable bonds is 6. The van der Waals surface area contributed by atoms with E-state index in [0.29, 0.717) is 17.9 Å². The molecule has 2 rings (SSSR count). The summed E-state index contributed by atoms with van der Waals surface area (Å²) in [6.45, 7) is 10.2. The third-order valence-corrected chi connectivity index (χ3v) is 5.16. The van der Waals surface area contributed by atoms with Gasteiger partial charge in [-0.2, -0.15) is 0 Å². The van der Waals surface area contributed by atoms with Crippen LogP contribution in [0.4, 0.5) is 0 Å². The van der Waals surface area contributed by atoms with Crippen molar-refractivity contribution in [3.05, 3.63) is 0 Å². The molecule has 0 aliphatic carbocycles. The van der Waals surface area contributed by atoms with Crippen LogP contribution in [-0.4, -0.2) is 49.2 Å². The zero-order valence-electron chi connectivity index (χ0n) is 13.9. The summed E-state index contributed by atoms with van der Waals surface area (Å²) < 4.78 is 5.69. The van der Waals surface area contributed by atoms with Crippen molar-refractivity contribution in [3.63, 3.8) is 0 Å². The summed E-state index contributed by atoms with van der Waals surface area (Å²) in [6, 6.07) is 0.584. The monoisotopic (exact) mass is 296 g/mol. The average Bonchev–Trinajstić information content (AvgIpc) is 3.00. The van der Waals surface area contributed by atoms with Gasteiger partial charge in [-0.3, -0.25) is 4.79 Å². The lowest BCUT2D eigenvalue weighted by atomic mass is 9.88. The van der Waals surface area contributed by atoms with Gasteiger partial charge in [-0.25, -0.2) is 0 Å². The number of nitrogens with zero attached hydrogens (tertiary/aromatic N) is 1. The fourth-order valence-electron chi connectivity index (χ4n) is 3.81. The van der Waals surface area contributed by atoms with Crippen LogP contribution in [0.3, 0.4) is 0 Å². The number of hydrogen-bond acceptors (Lipinski definition) is 3. The Labute approximate surface area is 129 Å². The van der Waals surface area contributed by atoms with E-state index in [9.17, 15) is 4.79 Å². The van der Waals surface area contributed by atoms with E-state index in [1.807, 2.05) is 0 Å². The Bertz CT molecular complexity index is 335. The molecule has 0 aromatic carbocycles. The SMILES string of the molecule is CCCNC1CCN(C(=O)C2CCOC2CC)CC1CC. The number of ether oxygens (including phenoxy) is 1. The molecule has 4 atom stereocenters. The van der Waals surface area contributed by atoms with Gasteiger partial charge in [0.2, 0.25) is 5.91 Å². The van der Waals surface area contributed by atoms with Crippen molar-refractivity contribution >= 4 is 5.91 Å². The summed E-state index contributed by atoms with van der Waals surface area (Å²) in [6.07, 6.45) is 5.41. The van der Waals surface area contributed by atoms with Gasteiger partial charge in [-0.05, 0) is 38.1 Å². The Morgan fingerprint density at radius 3 is 2.71 bits per heavy atom. The van der Waals surface area contributed by atoms with Gasteiger partial charge < -0.3 is 15.0 Å². The maximum atomic E-state index is 12.8. The van der Waals surface area contributed by atoms with Crippen LogP contribution in [0.1, 0.15) is 52.9 Å². The Morgan fingerprint density at radius 1 is 1.24 bits per heavy atom. The summed E-state index contributed by atoms with van der Waals surface area (Å²) in [5, 5.41) is 3.66. The largest absolute Gasteiger partial charge is 0.377 e. The molecule has 0 bridgehead atoms. The predicted octanol–water partition coefficient (Wildman–Crippen LogP) is 2.43. The molecule has 0 aromatic rings. The lowest BCUT2D eigenvalue weighted by molar-refractivity contribution is -0.139. The normalized spacial score (nSPS) is 33.4. The zero-order valence-corrected chi connectivity index (χ0v) is 13.9. The van der Waals surface area contributed by atoms with E-state index < -0.39 is 0 Å². The summed E-state index contributed by atoms with van der Waals surface area (Å²) in [7, 11) is 0. The van der Waals surface area contributed by atoms with Crippen LogP contribution in [0.5, 0.6) is 0 Å². The van der Waals surface area contributed by atoms with Crippen LogP contribution in [-0.2, 0) is 9.53 Å². The fourth-order valence-corrected chi connectivity index (χ4v) is 3.81. The van der Waals surface area contributed by atoms with Crippen molar-refractivity contribution in [1.29, 1.82) is 0 Å². The molecule has 2 aliphatic rings. The van der Waals surface area contributed by atoms with E-state index in [2.05, 4.69) is 31.0 Å². The molecule has 0 aromatic heterocycles. The van der Waals surface area contributed by atoms with Gasteiger partial charge in [0.15, 0.2) is 0 Å².